The number of carbonyl (C=O) groups is 1. The van der Waals surface area contributed by atoms with Crippen molar-refractivity contribution in [2.45, 2.75) is 51.1 Å². The quantitative estimate of drug-likeness (QED) is 0.716. The Morgan fingerprint density at radius 1 is 1.15 bits per heavy atom. The van der Waals surface area contributed by atoms with Gasteiger partial charge in [-0.25, -0.2) is 0 Å². The fourth-order valence-electron chi connectivity index (χ4n) is 3.01. The van der Waals surface area contributed by atoms with Crippen LogP contribution in [0.4, 0.5) is 8.78 Å². The molecule has 1 aromatic rings. The molecule has 2 nitrogen and oxygen atoms in total. The maximum absolute atomic E-state index is 12.1. The lowest BCUT2D eigenvalue weighted by Crippen LogP contribution is -2.13. The van der Waals surface area contributed by atoms with Crippen molar-refractivity contribution < 1.29 is 18.3 Å². The van der Waals surface area contributed by atoms with E-state index in [1.54, 1.807) is 12.1 Å². The summed E-state index contributed by atoms with van der Waals surface area (Å²) in [6.45, 7) is -2.77. The average Bonchev–Trinajstić information content (AvgIpc) is 2.46. The van der Waals surface area contributed by atoms with Gasteiger partial charge in [0.1, 0.15) is 12.0 Å². The van der Waals surface area contributed by atoms with Crippen molar-refractivity contribution >= 4 is 6.29 Å². The summed E-state index contributed by atoms with van der Waals surface area (Å²) >= 11 is 0. The Morgan fingerprint density at radius 3 is 2.35 bits per heavy atom. The van der Waals surface area contributed by atoms with Crippen LogP contribution in [0, 0.1) is 5.92 Å². The van der Waals surface area contributed by atoms with E-state index in [9.17, 15) is 13.6 Å². The molecule has 0 N–H and O–H groups in total. The van der Waals surface area contributed by atoms with Gasteiger partial charge in [-0.05, 0) is 61.6 Å². The molecule has 0 aliphatic heterocycles. The largest absolute Gasteiger partial charge is 0.435 e. The number of alkyl halides is 2. The third-order valence-electron chi connectivity index (χ3n) is 4.12. The normalized spacial score (nSPS) is 22.8. The van der Waals surface area contributed by atoms with Crippen molar-refractivity contribution in [2.24, 2.45) is 5.92 Å². The molecular weight excluding hydrogens is 262 g/mol. The van der Waals surface area contributed by atoms with E-state index < -0.39 is 6.61 Å². The molecular formula is C16H20F2O2. The molecule has 110 valence electrons. The molecule has 0 aromatic heterocycles. The molecule has 20 heavy (non-hydrogen) atoms. The van der Waals surface area contributed by atoms with Gasteiger partial charge >= 0.3 is 6.61 Å². The average molecular weight is 282 g/mol. The van der Waals surface area contributed by atoms with Gasteiger partial charge in [0.05, 0.1) is 0 Å². The molecule has 1 fully saturated rings. The van der Waals surface area contributed by atoms with Crippen LogP contribution >= 0.6 is 0 Å². The smallest absolute Gasteiger partial charge is 0.387 e. The lowest BCUT2D eigenvalue weighted by molar-refractivity contribution is -0.108. The van der Waals surface area contributed by atoms with Gasteiger partial charge in [0, 0.05) is 6.42 Å². The van der Waals surface area contributed by atoms with E-state index in [2.05, 4.69) is 4.74 Å². The van der Waals surface area contributed by atoms with Gasteiger partial charge in [-0.1, -0.05) is 12.1 Å². The topological polar surface area (TPSA) is 26.3 Å². The molecule has 4 heteroatoms. The molecule has 0 radical (unpaired) electrons. The molecule has 0 unspecified atom stereocenters. The Bertz CT molecular complexity index is 409. The van der Waals surface area contributed by atoms with Gasteiger partial charge in [0.2, 0.25) is 0 Å². The van der Waals surface area contributed by atoms with E-state index in [-0.39, 0.29) is 5.75 Å². The Morgan fingerprint density at radius 2 is 1.80 bits per heavy atom. The minimum Gasteiger partial charge on any atom is -0.435 e. The second-order valence-corrected chi connectivity index (χ2v) is 5.41. The van der Waals surface area contributed by atoms with Gasteiger partial charge in [0.15, 0.2) is 0 Å². The van der Waals surface area contributed by atoms with Gasteiger partial charge in [-0.15, -0.1) is 0 Å². The summed E-state index contributed by atoms with van der Waals surface area (Å²) < 4.78 is 28.5. The SMILES string of the molecule is O=CCCC1CCC(c2ccc(OC(F)F)cc2)CC1. The molecule has 0 spiro atoms. The summed E-state index contributed by atoms with van der Waals surface area (Å²) in [6, 6.07) is 6.99. The van der Waals surface area contributed by atoms with Crippen molar-refractivity contribution in [3.05, 3.63) is 29.8 Å². The fraction of sp³-hybridized carbons (Fsp3) is 0.562. The third kappa shape index (κ3) is 4.29. The highest BCUT2D eigenvalue weighted by molar-refractivity contribution is 5.49. The van der Waals surface area contributed by atoms with Crippen LogP contribution in [0.3, 0.4) is 0 Å². The molecule has 1 aliphatic carbocycles. The number of ether oxygens (including phenoxy) is 1. The summed E-state index contributed by atoms with van der Waals surface area (Å²) in [7, 11) is 0. The number of aldehydes is 1. The van der Waals surface area contributed by atoms with Gasteiger partial charge in [-0.3, -0.25) is 0 Å². The molecule has 0 heterocycles. The molecule has 0 saturated heterocycles. The minimum absolute atomic E-state index is 0.211. The lowest BCUT2D eigenvalue weighted by Gasteiger charge is -2.28. The Balaban J connectivity index is 1.85. The second-order valence-electron chi connectivity index (χ2n) is 5.41. The first-order valence-electron chi connectivity index (χ1n) is 7.17. The summed E-state index contributed by atoms with van der Waals surface area (Å²) in [6.07, 6.45) is 7.17. The van der Waals surface area contributed by atoms with Crippen molar-refractivity contribution in [3.8, 4) is 5.75 Å². The first kappa shape index (κ1) is 14.9. The summed E-state index contributed by atoms with van der Waals surface area (Å²) in [5.41, 5.74) is 1.19. The number of halogens is 2. The summed E-state index contributed by atoms with van der Waals surface area (Å²) in [5, 5.41) is 0. The van der Waals surface area contributed by atoms with Crippen LogP contribution in [0.2, 0.25) is 0 Å². The Kier molecular flexibility index (Phi) is 5.50. The van der Waals surface area contributed by atoms with Crippen LogP contribution in [-0.4, -0.2) is 12.9 Å². The monoisotopic (exact) mass is 282 g/mol. The predicted octanol–water partition coefficient (Wildman–Crippen LogP) is 4.54. The van der Waals surface area contributed by atoms with Gasteiger partial charge in [-0.2, -0.15) is 8.78 Å². The van der Waals surface area contributed by atoms with Crippen molar-refractivity contribution in [1.82, 2.24) is 0 Å². The molecule has 2 rings (SSSR count). The first-order chi connectivity index (χ1) is 9.69. The molecule has 0 amide bonds. The maximum atomic E-state index is 12.1. The van der Waals surface area contributed by atoms with Crippen molar-refractivity contribution in [3.63, 3.8) is 0 Å². The zero-order chi connectivity index (χ0) is 14.4. The summed E-state index contributed by atoms with van der Waals surface area (Å²) in [5.74, 6) is 1.38. The van der Waals surface area contributed by atoms with Gasteiger partial charge < -0.3 is 9.53 Å². The number of carbonyl (C=O) groups excluding carboxylic acids is 1. The lowest BCUT2D eigenvalue weighted by atomic mass is 9.77. The molecule has 1 saturated carbocycles. The number of benzene rings is 1. The van der Waals surface area contributed by atoms with Crippen LogP contribution in [-0.2, 0) is 4.79 Å². The first-order valence-corrected chi connectivity index (χ1v) is 7.17. The fourth-order valence-corrected chi connectivity index (χ4v) is 3.01. The van der Waals surface area contributed by atoms with Crippen LogP contribution < -0.4 is 4.74 Å². The van der Waals surface area contributed by atoms with Crippen LogP contribution in [0.15, 0.2) is 24.3 Å². The highest BCUT2D eigenvalue weighted by Crippen LogP contribution is 2.37. The van der Waals surface area contributed by atoms with E-state index in [1.165, 1.54) is 5.56 Å². The molecule has 0 atom stereocenters. The van der Waals surface area contributed by atoms with E-state index in [0.717, 1.165) is 38.4 Å². The van der Waals surface area contributed by atoms with E-state index in [4.69, 9.17) is 0 Å². The standard InChI is InChI=1S/C16H20F2O2/c17-16(18)20-15-9-7-14(8-10-15)13-5-3-12(4-6-13)2-1-11-19/h7-13,16H,1-6H2. The zero-order valence-corrected chi connectivity index (χ0v) is 11.4. The highest BCUT2D eigenvalue weighted by atomic mass is 19.3. The predicted molar refractivity (Wildman–Crippen MR) is 73.1 cm³/mol. The van der Waals surface area contributed by atoms with Crippen molar-refractivity contribution in [1.29, 1.82) is 0 Å². The Labute approximate surface area is 118 Å². The molecule has 1 aromatic carbocycles. The maximum Gasteiger partial charge on any atom is 0.387 e. The van der Waals surface area contributed by atoms with Crippen LogP contribution in [0.5, 0.6) is 5.75 Å². The number of hydrogen-bond donors (Lipinski definition) is 0. The van der Waals surface area contributed by atoms with Crippen molar-refractivity contribution in [2.75, 3.05) is 0 Å². The molecule has 1 aliphatic rings. The Hall–Kier alpha value is -1.45. The van der Waals surface area contributed by atoms with Gasteiger partial charge in [0.25, 0.3) is 0 Å². The minimum atomic E-state index is -2.77. The van der Waals surface area contributed by atoms with E-state index >= 15 is 0 Å². The second kappa shape index (κ2) is 7.36. The van der Waals surface area contributed by atoms with Crippen LogP contribution in [0.25, 0.3) is 0 Å². The third-order valence-corrected chi connectivity index (χ3v) is 4.12. The van der Waals surface area contributed by atoms with E-state index in [0.29, 0.717) is 18.3 Å². The molecule has 0 bridgehead atoms. The summed E-state index contributed by atoms with van der Waals surface area (Å²) in [4.78, 5) is 10.4. The number of hydrogen-bond acceptors (Lipinski definition) is 2. The van der Waals surface area contributed by atoms with Crippen LogP contribution in [0.1, 0.15) is 50.0 Å². The highest BCUT2D eigenvalue weighted by Gasteiger charge is 2.22. The zero-order valence-electron chi connectivity index (χ0n) is 11.4. The number of rotatable bonds is 6. The van der Waals surface area contributed by atoms with E-state index in [1.807, 2.05) is 12.1 Å².